The van der Waals surface area contributed by atoms with E-state index in [0.717, 1.165) is 11.3 Å². The normalized spacial score (nSPS) is 12.2. The van der Waals surface area contributed by atoms with Gasteiger partial charge in [-0.2, -0.15) is 5.10 Å². The number of carbonyl (C=O) groups is 1. The predicted molar refractivity (Wildman–Crippen MR) is 76.9 cm³/mol. The third-order valence-corrected chi connectivity index (χ3v) is 3.15. The second-order valence-electron chi connectivity index (χ2n) is 4.85. The molecule has 0 bridgehead atoms. The molecule has 0 aliphatic rings. The van der Waals surface area contributed by atoms with E-state index in [1.165, 1.54) is 0 Å². The van der Waals surface area contributed by atoms with Gasteiger partial charge in [0, 0.05) is 18.8 Å². The van der Waals surface area contributed by atoms with Crippen molar-refractivity contribution in [3.8, 4) is 5.69 Å². The molecule has 20 heavy (non-hydrogen) atoms. The summed E-state index contributed by atoms with van der Waals surface area (Å²) in [6.07, 6.45) is 3.80. The molecule has 1 unspecified atom stereocenters. The molecule has 2 N–H and O–H groups in total. The number of carbonyl (C=O) groups excluding carboxylic acids is 1. The van der Waals surface area contributed by atoms with Gasteiger partial charge in [0.1, 0.15) is 0 Å². The molecule has 5 nitrogen and oxygen atoms in total. The van der Waals surface area contributed by atoms with Crippen LogP contribution in [-0.2, 0) is 0 Å². The van der Waals surface area contributed by atoms with Crippen molar-refractivity contribution in [2.45, 2.75) is 26.3 Å². The van der Waals surface area contributed by atoms with Gasteiger partial charge in [-0.3, -0.25) is 4.79 Å². The van der Waals surface area contributed by atoms with Gasteiger partial charge in [0.05, 0.1) is 17.4 Å². The van der Waals surface area contributed by atoms with E-state index in [9.17, 15) is 4.79 Å². The van der Waals surface area contributed by atoms with Gasteiger partial charge >= 0.3 is 0 Å². The third-order valence-electron chi connectivity index (χ3n) is 3.15. The maximum absolute atomic E-state index is 12.0. The lowest BCUT2D eigenvalue weighted by Crippen LogP contribution is -2.32. The predicted octanol–water partition coefficient (Wildman–Crippen LogP) is 1.68. The van der Waals surface area contributed by atoms with E-state index in [1.54, 1.807) is 17.1 Å². The van der Waals surface area contributed by atoms with E-state index in [-0.39, 0.29) is 18.6 Å². The number of benzene rings is 1. The van der Waals surface area contributed by atoms with Crippen molar-refractivity contribution >= 4 is 5.91 Å². The van der Waals surface area contributed by atoms with E-state index < -0.39 is 0 Å². The maximum atomic E-state index is 12.0. The summed E-state index contributed by atoms with van der Waals surface area (Å²) in [6, 6.07) is 7.80. The van der Waals surface area contributed by atoms with E-state index in [2.05, 4.69) is 10.4 Å². The van der Waals surface area contributed by atoms with Crippen molar-refractivity contribution < 1.29 is 9.90 Å². The molecule has 1 amide bonds. The lowest BCUT2D eigenvalue weighted by atomic mass is 10.2. The van der Waals surface area contributed by atoms with Gasteiger partial charge in [-0.05, 0) is 31.9 Å². The molecule has 0 aliphatic carbocycles. The Hall–Kier alpha value is -2.14. The first-order chi connectivity index (χ1) is 9.61. The molecular formula is C15H19N3O2. The van der Waals surface area contributed by atoms with Crippen molar-refractivity contribution in [1.82, 2.24) is 15.1 Å². The van der Waals surface area contributed by atoms with E-state index >= 15 is 0 Å². The summed E-state index contributed by atoms with van der Waals surface area (Å²) in [5, 5.41) is 15.9. The highest BCUT2D eigenvalue weighted by molar-refractivity contribution is 5.93. The molecule has 0 saturated carbocycles. The summed E-state index contributed by atoms with van der Waals surface area (Å²) in [6.45, 7) is 3.92. The summed E-state index contributed by atoms with van der Waals surface area (Å²) in [7, 11) is 0. The quantitative estimate of drug-likeness (QED) is 0.871. The van der Waals surface area contributed by atoms with Crippen molar-refractivity contribution in [3.05, 3.63) is 47.8 Å². The van der Waals surface area contributed by atoms with Crippen LogP contribution in [-0.4, -0.2) is 33.4 Å². The molecule has 5 heteroatoms. The van der Waals surface area contributed by atoms with Crippen molar-refractivity contribution in [2.75, 3.05) is 6.61 Å². The number of rotatable bonds is 5. The Morgan fingerprint density at radius 2 is 2.20 bits per heavy atom. The molecular weight excluding hydrogens is 254 g/mol. The highest BCUT2D eigenvalue weighted by Gasteiger charge is 2.12. The minimum Gasteiger partial charge on any atom is -0.396 e. The third kappa shape index (κ3) is 3.24. The summed E-state index contributed by atoms with van der Waals surface area (Å²) in [4.78, 5) is 12.0. The average molecular weight is 273 g/mol. The molecule has 0 radical (unpaired) electrons. The van der Waals surface area contributed by atoms with Gasteiger partial charge < -0.3 is 10.4 Å². The van der Waals surface area contributed by atoms with Crippen LogP contribution in [0.15, 0.2) is 36.7 Å². The molecule has 0 fully saturated rings. The smallest absolute Gasteiger partial charge is 0.254 e. The zero-order valence-electron chi connectivity index (χ0n) is 11.7. The molecule has 1 aromatic heterocycles. The SMILES string of the molecule is Cc1ccccc1-n1cc(C(=O)NC(C)CCO)cn1. The first-order valence-electron chi connectivity index (χ1n) is 6.64. The molecule has 106 valence electrons. The Morgan fingerprint density at radius 3 is 2.90 bits per heavy atom. The minimum atomic E-state index is -0.175. The van der Waals surface area contributed by atoms with Gasteiger partial charge in [-0.1, -0.05) is 18.2 Å². The Kier molecular flexibility index (Phi) is 4.53. The summed E-state index contributed by atoms with van der Waals surface area (Å²) < 4.78 is 1.70. The van der Waals surface area contributed by atoms with Crippen LogP contribution < -0.4 is 5.32 Å². The van der Waals surface area contributed by atoms with Gasteiger partial charge in [0.15, 0.2) is 0 Å². The topological polar surface area (TPSA) is 67.2 Å². The number of nitrogens with zero attached hydrogens (tertiary/aromatic N) is 2. The Bertz CT molecular complexity index is 592. The van der Waals surface area contributed by atoms with Crippen LogP contribution in [0.1, 0.15) is 29.3 Å². The second kappa shape index (κ2) is 6.34. The number of para-hydroxylation sites is 1. The van der Waals surface area contributed by atoms with Crippen molar-refractivity contribution in [2.24, 2.45) is 0 Å². The number of aliphatic hydroxyl groups excluding tert-OH is 1. The summed E-state index contributed by atoms with van der Waals surface area (Å²) >= 11 is 0. The van der Waals surface area contributed by atoms with Crippen LogP contribution in [0.3, 0.4) is 0 Å². The van der Waals surface area contributed by atoms with Crippen LogP contribution in [0.25, 0.3) is 5.69 Å². The van der Waals surface area contributed by atoms with Crippen molar-refractivity contribution in [3.63, 3.8) is 0 Å². The molecule has 1 atom stereocenters. The number of nitrogens with one attached hydrogen (secondary N) is 1. The van der Waals surface area contributed by atoms with Gasteiger partial charge in [-0.15, -0.1) is 0 Å². The summed E-state index contributed by atoms with van der Waals surface area (Å²) in [5.74, 6) is -0.175. The number of hydrogen-bond acceptors (Lipinski definition) is 3. The van der Waals surface area contributed by atoms with E-state index in [1.807, 2.05) is 38.1 Å². The molecule has 1 aromatic carbocycles. The molecule has 1 heterocycles. The Morgan fingerprint density at radius 1 is 1.45 bits per heavy atom. The molecule has 0 spiro atoms. The van der Waals surface area contributed by atoms with Gasteiger partial charge in [0.2, 0.25) is 0 Å². The fourth-order valence-electron chi connectivity index (χ4n) is 1.97. The first kappa shape index (κ1) is 14.3. The fourth-order valence-corrected chi connectivity index (χ4v) is 1.97. The number of aliphatic hydroxyl groups is 1. The largest absolute Gasteiger partial charge is 0.396 e. The van der Waals surface area contributed by atoms with Crippen LogP contribution in [0.2, 0.25) is 0 Å². The Labute approximate surface area is 118 Å². The second-order valence-corrected chi connectivity index (χ2v) is 4.85. The average Bonchev–Trinajstić information content (AvgIpc) is 2.89. The fraction of sp³-hybridized carbons (Fsp3) is 0.333. The lowest BCUT2D eigenvalue weighted by Gasteiger charge is -2.11. The monoisotopic (exact) mass is 273 g/mol. The van der Waals surface area contributed by atoms with Gasteiger partial charge in [-0.25, -0.2) is 4.68 Å². The van der Waals surface area contributed by atoms with Crippen molar-refractivity contribution in [1.29, 1.82) is 0 Å². The highest BCUT2D eigenvalue weighted by Crippen LogP contribution is 2.13. The summed E-state index contributed by atoms with van der Waals surface area (Å²) in [5.41, 5.74) is 2.56. The molecule has 0 saturated heterocycles. The van der Waals surface area contributed by atoms with Crippen LogP contribution in [0, 0.1) is 6.92 Å². The molecule has 2 aromatic rings. The minimum absolute atomic E-state index is 0.0594. The van der Waals surface area contributed by atoms with Gasteiger partial charge in [0.25, 0.3) is 5.91 Å². The number of aryl methyl sites for hydroxylation is 1. The molecule has 2 rings (SSSR count). The first-order valence-corrected chi connectivity index (χ1v) is 6.64. The Balaban J connectivity index is 2.13. The van der Waals surface area contributed by atoms with Crippen LogP contribution >= 0.6 is 0 Å². The van der Waals surface area contributed by atoms with E-state index in [0.29, 0.717) is 12.0 Å². The number of aromatic nitrogens is 2. The zero-order valence-corrected chi connectivity index (χ0v) is 11.7. The lowest BCUT2D eigenvalue weighted by molar-refractivity contribution is 0.0934. The number of hydrogen-bond donors (Lipinski definition) is 2. The van der Waals surface area contributed by atoms with Crippen LogP contribution in [0.4, 0.5) is 0 Å². The highest BCUT2D eigenvalue weighted by atomic mass is 16.3. The number of amides is 1. The van der Waals surface area contributed by atoms with E-state index in [4.69, 9.17) is 5.11 Å². The zero-order chi connectivity index (χ0) is 14.5. The molecule has 0 aliphatic heterocycles. The van der Waals surface area contributed by atoms with Crippen LogP contribution in [0.5, 0.6) is 0 Å². The standard InChI is InChI=1S/C15H19N3O2/c1-11-5-3-4-6-14(11)18-10-13(9-16-18)15(20)17-12(2)7-8-19/h3-6,9-10,12,19H,7-8H2,1-2H3,(H,17,20). The maximum Gasteiger partial charge on any atom is 0.254 e.